The van der Waals surface area contributed by atoms with E-state index in [0.29, 0.717) is 11.1 Å². The van der Waals surface area contributed by atoms with Crippen LogP contribution in [0.2, 0.25) is 0 Å². The topological polar surface area (TPSA) is 15.3 Å². The number of alkyl halides is 3. The predicted molar refractivity (Wildman–Crippen MR) is 104 cm³/mol. The second-order valence-electron chi connectivity index (χ2n) is 7.10. The zero-order valence-corrected chi connectivity index (χ0v) is 15.9. The van der Waals surface area contributed by atoms with Gasteiger partial charge in [0.15, 0.2) is 0 Å². The van der Waals surface area contributed by atoms with Crippen LogP contribution in [0.15, 0.2) is 48.5 Å². The van der Waals surface area contributed by atoms with Crippen molar-refractivity contribution in [3.63, 3.8) is 0 Å². The second kappa shape index (κ2) is 8.44. The van der Waals surface area contributed by atoms with E-state index in [1.807, 2.05) is 36.4 Å². The third-order valence-corrected chi connectivity index (χ3v) is 5.38. The first-order valence-electron chi connectivity index (χ1n) is 9.66. The lowest BCUT2D eigenvalue weighted by molar-refractivity contribution is -0.138. The van der Waals surface area contributed by atoms with Gasteiger partial charge in [-0.2, -0.15) is 13.2 Å². The highest BCUT2D eigenvalue weighted by Gasteiger charge is 2.44. The molecule has 3 rings (SSSR count). The lowest BCUT2D eigenvalue weighted by Gasteiger charge is -2.18. The number of nitrogens with one attached hydrogen (secondary N) is 1. The van der Waals surface area contributed by atoms with Crippen LogP contribution in [0.1, 0.15) is 37.3 Å². The number of hydrogen-bond acceptors (Lipinski definition) is 2. The summed E-state index contributed by atoms with van der Waals surface area (Å²) < 4.78 is 41.0. The molecule has 1 aliphatic rings. The van der Waals surface area contributed by atoms with E-state index in [1.54, 1.807) is 6.07 Å². The fourth-order valence-electron chi connectivity index (χ4n) is 3.65. The molecule has 146 valence electrons. The van der Waals surface area contributed by atoms with Gasteiger partial charge in [0, 0.05) is 25.0 Å². The molecule has 1 N–H and O–H groups in total. The van der Waals surface area contributed by atoms with Gasteiger partial charge in [0.2, 0.25) is 0 Å². The summed E-state index contributed by atoms with van der Waals surface area (Å²) in [4.78, 5) is 2.31. The molecule has 0 aromatic heterocycles. The van der Waals surface area contributed by atoms with Gasteiger partial charge in [-0.05, 0) is 42.3 Å². The molecule has 0 aliphatic heterocycles. The molecule has 1 aliphatic carbocycles. The third kappa shape index (κ3) is 4.90. The molecule has 0 bridgehead atoms. The Bertz CT molecular complexity index is 739. The van der Waals surface area contributed by atoms with Gasteiger partial charge in [-0.1, -0.05) is 56.3 Å². The Morgan fingerprint density at radius 2 is 1.70 bits per heavy atom. The quantitative estimate of drug-likeness (QED) is 0.685. The van der Waals surface area contributed by atoms with Crippen molar-refractivity contribution in [2.24, 2.45) is 0 Å². The molecular weight excluding hydrogens is 349 g/mol. The van der Waals surface area contributed by atoms with Crippen LogP contribution >= 0.6 is 0 Å². The maximum Gasteiger partial charge on any atom is 0.416 e. The fourth-order valence-corrected chi connectivity index (χ4v) is 3.65. The van der Waals surface area contributed by atoms with E-state index in [-0.39, 0.29) is 12.0 Å². The van der Waals surface area contributed by atoms with E-state index < -0.39 is 11.7 Å². The zero-order valence-electron chi connectivity index (χ0n) is 15.9. The summed E-state index contributed by atoms with van der Waals surface area (Å²) in [5, 5.41) is 3.42. The van der Waals surface area contributed by atoms with Gasteiger partial charge < -0.3 is 10.2 Å². The Hall–Kier alpha value is -1.85. The molecule has 1 saturated carbocycles. The Morgan fingerprint density at radius 3 is 2.33 bits per heavy atom. The number of halogens is 3. The molecule has 2 aromatic carbocycles. The summed E-state index contributed by atoms with van der Waals surface area (Å²) in [6, 6.07) is 14.1. The SMILES string of the molecule is CCN(CC)CCN[C@@H]1C[C@H]1c1ccc(-c2ccccc2)cc1C(F)(F)F. The molecule has 0 amide bonds. The molecule has 5 heteroatoms. The first-order valence-corrected chi connectivity index (χ1v) is 9.66. The van der Waals surface area contributed by atoms with Gasteiger partial charge in [0.05, 0.1) is 5.56 Å². The Morgan fingerprint density at radius 1 is 1.00 bits per heavy atom. The van der Waals surface area contributed by atoms with E-state index in [2.05, 4.69) is 24.1 Å². The van der Waals surface area contributed by atoms with Crippen LogP contribution in [0.4, 0.5) is 13.2 Å². The predicted octanol–water partition coefficient (Wildman–Crippen LogP) is 5.16. The van der Waals surface area contributed by atoms with Gasteiger partial charge in [-0.25, -0.2) is 0 Å². The van der Waals surface area contributed by atoms with Crippen molar-refractivity contribution in [2.75, 3.05) is 26.2 Å². The molecule has 27 heavy (non-hydrogen) atoms. The zero-order chi connectivity index (χ0) is 19.4. The fraction of sp³-hybridized carbons (Fsp3) is 0.455. The highest BCUT2D eigenvalue weighted by atomic mass is 19.4. The molecule has 2 aromatic rings. The molecule has 2 nitrogen and oxygen atoms in total. The van der Waals surface area contributed by atoms with Gasteiger partial charge >= 0.3 is 6.18 Å². The minimum Gasteiger partial charge on any atom is -0.312 e. The van der Waals surface area contributed by atoms with Crippen molar-refractivity contribution in [3.8, 4) is 11.1 Å². The van der Waals surface area contributed by atoms with Crippen molar-refractivity contribution >= 4 is 0 Å². The van der Waals surface area contributed by atoms with Crippen LogP contribution in [-0.4, -0.2) is 37.1 Å². The number of likely N-dealkylation sites (N-methyl/N-ethyl adjacent to an activating group) is 1. The number of rotatable bonds is 8. The average Bonchev–Trinajstić information content (AvgIpc) is 3.44. The van der Waals surface area contributed by atoms with Crippen molar-refractivity contribution in [2.45, 2.75) is 38.4 Å². The molecule has 2 atom stereocenters. The smallest absolute Gasteiger partial charge is 0.312 e. The maximum atomic E-state index is 13.7. The number of hydrogen-bond donors (Lipinski definition) is 1. The van der Waals surface area contributed by atoms with Gasteiger partial charge in [0.1, 0.15) is 0 Å². The van der Waals surface area contributed by atoms with E-state index >= 15 is 0 Å². The first-order chi connectivity index (χ1) is 12.9. The normalized spacial score (nSPS) is 19.5. The van der Waals surface area contributed by atoms with Crippen LogP contribution in [0.5, 0.6) is 0 Å². The average molecular weight is 376 g/mol. The molecule has 0 saturated heterocycles. The van der Waals surface area contributed by atoms with Gasteiger partial charge in [-0.15, -0.1) is 0 Å². The molecule has 0 radical (unpaired) electrons. The summed E-state index contributed by atoms with van der Waals surface area (Å²) in [7, 11) is 0. The highest BCUT2D eigenvalue weighted by molar-refractivity contribution is 5.65. The van der Waals surface area contributed by atoms with E-state index in [1.165, 1.54) is 6.07 Å². The first kappa shape index (κ1) is 19.9. The highest BCUT2D eigenvalue weighted by Crippen LogP contribution is 2.47. The maximum absolute atomic E-state index is 13.7. The van der Waals surface area contributed by atoms with Gasteiger partial charge in [0.25, 0.3) is 0 Å². The Balaban J connectivity index is 1.73. The second-order valence-corrected chi connectivity index (χ2v) is 7.10. The summed E-state index contributed by atoms with van der Waals surface area (Å²) in [6.07, 6.45) is -3.57. The van der Waals surface area contributed by atoms with Crippen LogP contribution in [0.25, 0.3) is 11.1 Å². The number of benzene rings is 2. The van der Waals surface area contributed by atoms with E-state index in [9.17, 15) is 13.2 Å². The van der Waals surface area contributed by atoms with Gasteiger partial charge in [-0.3, -0.25) is 0 Å². The lowest BCUT2D eigenvalue weighted by Crippen LogP contribution is -2.33. The van der Waals surface area contributed by atoms with Crippen LogP contribution in [-0.2, 0) is 6.18 Å². The van der Waals surface area contributed by atoms with Crippen LogP contribution in [0, 0.1) is 0 Å². The standard InChI is InChI=1S/C22H27F3N2/c1-3-27(4-2)13-12-26-21-15-19(21)18-11-10-17(14-20(18)22(23,24)25)16-8-6-5-7-9-16/h5-11,14,19,21,26H,3-4,12-13,15H2,1-2H3/t19-,21+/m0/s1. The van der Waals surface area contributed by atoms with E-state index in [0.717, 1.165) is 38.2 Å². The summed E-state index contributed by atoms with van der Waals surface area (Å²) >= 11 is 0. The lowest BCUT2D eigenvalue weighted by atomic mass is 9.96. The molecule has 1 fully saturated rings. The number of nitrogens with zero attached hydrogens (tertiary/aromatic N) is 1. The largest absolute Gasteiger partial charge is 0.416 e. The minimum atomic E-state index is -4.34. The van der Waals surface area contributed by atoms with E-state index in [4.69, 9.17) is 0 Å². The van der Waals surface area contributed by atoms with Crippen molar-refractivity contribution in [1.29, 1.82) is 0 Å². The third-order valence-electron chi connectivity index (χ3n) is 5.38. The Labute approximate surface area is 159 Å². The molecule has 0 spiro atoms. The molecule has 0 heterocycles. The van der Waals surface area contributed by atoms with Crippen LogP contribution < -0.4 is 5.32 Å². The van der Waals surface area contributed by atoms with Crippen molar-refractivity contribution in [1.82, 2.24) is 10.2 Å². The molecular formula is C22H27F3N2. The monoisotopic (exact) mass is 376 g/mol. The minimum absolute atomic E-state index is 0.0526. The van der Waals surface area contributed by atoms with Crippen LogP contribution in [0.3, 0.4) is 0 Å². The Kier molecular flexibility index (Phi) is 6.22. The summed E-state index contributed by atoms with van der Waals surface area (Å²) in [5.74, 6) is -0.0526. The van der Waals surface area contributed by atoms with Crippen molar-refractivity contribution < 1.29 is 13.2 Å². The van der Waals surface area contributed by atoms with Crippen molar-refractivity contribution in [3.05, 3.63) is 59.7 Å². The summed E-state index contributed by atoms with van der Waals surface area (Å²) in [6.45, 7) is 7.96. The molecule has 0 unspecified atom stereocenters. The summed E-state index contributed by atoms with van der Waals surface area (Å²) in [5.41, 5.74) is 1.34.